The Kier molecular flexibility index (Phi) is 5.83. The highest BCUT2D eigenvalue weighted by atomic mass is 16.3. The van der Waals surface area contributed by atoms with Crippen molar-refractivity contribution in [2.75, 3.05) is 16.8 Å². The van der Waals surface area contributed by atoms with Gasteiger partial charge < -0.3 is 15.7 Å². The number of aryl methyl sites for hydroxylation is 2. The third-order valence-corrected chi connectivity index (χ3v) is 6.25. The van der Waals surface area contributed by atoms with Gasteiger partial charge in [0.2, 0.25) is 0 Å². The molecule has 0 saturated heterocycles. The van der Waals surface area contributed by atoms with Gasteiger partial charge in [0.1, 0.15) is 0 Å². The molecule has 0 fully saturated rings. The van der Waals surface area contributed by atoms with Gasteiger partial charge in [-0.2, -0.15) is 0 Å². The number of hydrogen-bond acceptors (Lipinski definition) is 3. The Balaban J connectivity index is 1.68. The van der Waals surface area contributed by atoms with E-state index in [9.17, 15) is 14.7 Å². The maximum Gasteiger partial charge on any atom is 0.329 e. The number of benzene rings is 2. The highest BCUT2D eigenvalue weighted by molar-refractivity contribution is 6.11. The molecule has 2 aliphatic rings. The Labute approximate surface area is 183 Å². The number of anilines is 2. The van der Waals surface area contributed by atoms with E-state index < -0.39 is 17.7 Å². The Morgan fingerprint density at radius 2 is 1.97 bits per heavy atom. The van der Waals surface area contributed by atoms with Crippen LogP contribution in [0.15, 0.2) is 54.1 Å². The van der Waals surface area contributed by atoms with E-state index in [1.165, 1.54) is 18.4 Å². The van der Waals surface area contributed by atoms with Gasteiger partial charge in [-0.05, 0) is 75.3 Å². The molecule has 3 amide bonds. The van der Waals surface area contributed by atoms with Gasteiger partial charge in [0.15, 0.2) is 0 Å². The molecule has 4 rings (SSSR count). The Morgan fingerprint density at radius 3 is 2.71 bits per heavy atom. The van der Waals surface area contributed by atoms with Gasteiger partial charge in [-0.3, -0.25) is 9.69 Å². The zero-order chi connectivity index (χ0) is 22.0. The predicted octanol–water partition coefficient (Wildman–Crippen LogP) is 4.51. The van der Waals surface area contributed by atoms with Gasteiger partial charge in [-0.25, -0.2) is 4.79 Å². The fourth-order valence-corrected chi connectivity index (χ4v) is 4.32. The number of nitrogens with zero attached hydrogens (tertiary/aromatic N) is 1. The minimum Gasteiger partial charge on any atom is -0.359 e. The van der Waals surface area contributed by atoms with E-state index >= 15 is 0 Å². The lowest BCUT2D eigenvalue weighted by Crippen LogP contribution is -2.62. The topological polar surface area (TPSA) is 81.7 Å². The van der Waals surface area contributed by atoms with Crippen LogP contribution in [0.25, 0.3) is 0 Å². The highest BCUT2D eigenvalue weighted by Gasteiger charge is 2.51. The van der Waals surface area contributed by atoms with Gasteiger partial charge in [0.05, 0.1) is 5.69 Å². The van der Waals surface area contributed by atoms with E-state index in [1.54, 1.807) is 30.3 Å². The lowest BCUT2D eigenvalue weighted by atomic mass is 9.94. The molecule has 1 atom stereocenters. The third kappa shape index (κ3) is 3.95. The fourth-order valence-electron chi connectivity index (χ4n) is 4.32. The Bertz CT molecular complexity index is 1050. The predicted molar refractivity (Wildman–Crippen MR) is 122 cm³/mol. The first-order valence-electron chi connectivity index (χ1n) is 10.9. The van der Waals surface area contributed by atoms with E-state index in [1.807, 2.05) is 26.0 Å². The molecule has 1 unspecified atom stereocenters. The first-order chi connectivity index (χ1) is 14.9. The second-order valence-electron chi connectivity index (χ2n) is 8.37. The number of hydrogen-bond donors (Lipinski definition) is 3. The summed E-state index contributed by atoms with van der Waals surface area (Å²) in [5, 5.41) is 17.5. The number of amides is 3. The van der Waals surface area contributed by atoms with Gasteiger partial charge in [-0.1, -0.05) is 35.9 Å². The van der Waals surface area contributed by atoms with Crippen LogP contribution in [-0.4, -0.2) is 23.6 Å². The van der Waals surface area contributed by atoms with Gasteiger partial charge in [0, 0.05) is 17.8 Å². The van der Waals surface area contributed by atoms with Crippen LogP contribution in [0.2, 0.25) is 0 Å². The molecule has 162 valence electrons. The van der Waals surface area contributed by atoms with Crippen LogP contribution < -0.4 is 15.5 Å². The summed E-state index contributed by atoms with van der Waals surface area (Å²) >= 11 is 0. The molecular weight excluding hydrogens is 390 g/mol. The van der Waals surface area contributed by atoms with Crippen LogP contribution in [0, 0.1) is 13.8 Å². The molecule has 1 aliphatic carbocycles. The largest absolute Gasteiger partial charge is 0.359 e. The quantitative estimate of drug-likeness (QED) is 0.624. The van der Waals surface area contributed by atoms with Crippen molar-refractivity contribution in [3.8, 4) is 0 Å². The maximum atomic E-state index is 13.4. The molecule has 3 N–H and O–H groups in total. The minimum absolute atomic E-state index is 0.349. The summed E-state index contributed by atoms with van der Waals surface area (Å²) < 4.78 is 0. The number of para-hydroxylation sites is 1. The fraction of sp³-hybridized carbons (Fsp3) is 0.360. The average Bonchev–Trinajstić information content (AvgIpc) is 2.77. The second-order valence-corrected chi connectivity index (χ2v) is 8.37. The number of urea groups is 1. The number of nitrogens with one attached hydrogen (secondary N) is 2. The summed E-state index contributed by atoms with van der Waals surface area (Å²) in [7, 11) is 0. The third-order valence-electron chi connectivity index (χ3n) is 6.25. The van der Waals surface area contributed by atoms with Crippen molar-refractivity contribution >= 4 is 23.3 Å². The summed E-state index contributed by atoms with van der Waals surface area (Å²) in [6.45, 7) is 4.33. The molecule has 1 aliphatic heterocycles. The number of rotatable bonds is 5. The van der Waals surface area contributed by atoms with Crippen LogP contribution in [0.4, 0.5) is 16.2 Å². The van der Waals surface area contributed by atoms with Crippen molar-refractivity contribution in [3.63, 3.8) is 0 Å². The molecule has 0 bridgehead atoms. The summed E-state index contributed by atoms with van der Waals surface area (Å²) in [5.74, 6) is -0.607. The first kappa shape index (κ1) is 21.1. The van der Waals surface area contributed by atoms with E-state index in [0.29, 0.717) is 23.5 Å². The van der Waals surface area contributed by atoms with Crippen LogP contribution in [0.3, 0.4) is 0 Å². The SMILES string of the molecule is Cc1ccc(N2C(=O)Nc3ccccc3C2(O)C(=O)NCCC2=CCCCC2)cc1C. The molecule has 0 aromatic heterocycles. The van der Waals surface area contributed by atoms with Crippen molar-refractivity contribution in [2.45, 2.75) is 51.7 Å². The zero-order valence-corrected chi connectivity index (χ0v) is 18.1. The van der Waals surface area contributed by atoms with Crippen molar-refractivity contribution in [1.82, 2.24) is 5.32 Å². The minimum atomic E-state index is -2.15. The molecule has 0 radical (unpaired) electrons. The second kappa shape index (κ2) is 8.55. The van der Waals surface area contributed by atoms with Crippen LogP contribution >= 0.6 is 0 Å². The summed E-state index contributed by atoms with van der Waals surface area (Å²) in [5.41, 5.74) is 2.46. The molecular formula is C25H29N3O3. The van der Waals surface area contributed by atoms with E-state index in [4.69, 9.17) is 0 Å². The van der Waals surface area contributed by atoms with E-state index in [-0.39, 0.29) is 0 Å². The molecule has 1 heterocycles. The van der Waals surface area contributed by atoms with Crippen molar-refractivity contribution in [1.29, 1.82) is 0 Å². The number of aliphatic hydroxyl groups is 1. The number of carbonyl (C=O) groups is 2. The standard InChI is InChI=1S/C25H29N3O3/c1-17-12-13-20(16-18(17)2)28-24(30)27-22-11-7-6-10-21(22)25(28,31)23(29)26-15-14-19-8-4-3-5-9-19/h6-8,10-13,16,31H,3-5,9,14-15H2,1-2H3,(H,26,29)(H,27,30). The van der Waals surface area contributed by atoms with E-state index in [2.05, 4.69) is 16.7 Å². The number of carbonyl (C=O) groups excluding carboxylic acids is 2. The molecule has 6 nitrogen and oxygen atoms in total. The lowest BCUT2D eigenvalue weighted by molar-refractivity contribution is -0.140. The number of fused-ring (bicyclic) bond motifs is 1. The average molecular weight is 420 g/mol. The van der Waals surface area contributed by atoms with Crippen LogP contribution in [0.1, 0.15) is 48.8 Å². The Hall–Kier alpha value is -3.12. The van der Waals surface area contributed by atoms with Gasteiger partial charge >= 0.3 is 6.03 Å². The summed E-state index contributed by atoms with van der Waals surface area (Å²) in [6.07, 6.45) is 7.53. The molecule has 2 aromatic rings. The summed E-state index contributed by atoms with van der Waals surface area (Å²) in [6, 6.07) is 11.8. The molecule has 2 aromatic carbocycles. The van der Waals surface area contributed by atoms with E-state index in [0.717, 1.165) is 35.3 Å². The molecule has 31 heavy (non-hydrogen) atoms. The zero-order valence-electron chi connectivity index (χ0n) is 18.1. The van der Waals surface area contributed by atoms with Crippen molar-refractivity contribution in [3.05, 3.63) is 70.8 Å². The molecule has 6 heteroatoms. The Morgan fingerprint density at radius 1 is 1.16 bits per heavy atom. The summed E-state index contributed by atoms with van der Waals surface area (Å²) in [4.78, 5) is 27.6. The number of allylic oxidation sites excluding steroid dienone is 1. The molecule has 0 saturated carbocycles. The molecule has 0 spiro atoms. The van der Waals surface area contributed by atoms with Gasteiger partial charge in [-0.15, -0.1) is 0 Å². The maximum absolute atomic E-state index is 13.4. The lowest BCUT2D eigenvalue weighted by Gasteiger charge is -2.42. The van der Waals surface area contributed by atoms with Crippen LogP contribution in [0.5, 0.6) is 0 Å². The van der Waals surface area contributed by atoms with Gasteiger partial charge in [0.25, 0.3) is 11.6 Å². The van der Waals surface area contributed by atoms with Crippen LogP contribution in [-0.2, 0) is 10.5 Å². The normalized spacial score (nSPS) is 20.5. The smallest absolute Gasteiger partial charge is 0.329 e. The first-order valence-corrected chi connectivity index (χ1v) is 10.9. The monoisotopic (exact) mass is 419 g/mol. The van der Waals surface area contributed by atoms with Crippen molar-refractivity contribution < 1.29 is 14.7 Å². The van der Waals surface area contributed by atoms with Crippen molar-refractivity contribution in [2.24, 2.45) is 0 Å². The highest BCUT2D eigenvalue weighted by Crippen LogP contribution is 2.40.